The van der Waals surface area contributed by atoms with Gasteiger partial charge in [0.2, 0.25) is 12.7 Å². The second-order valence-electron chi connectivity index (χ2n) is 5.99. The Morgan fingerprint density at radius 2 is 1.77 bits per heavy atom. The minimum atomic E-state index is -0.0260. The Morgan fingerprint density at radius 3 is 2.50 bits per heavy atom. The Bertz CT molecular complexity index is 777. The average molecular weight is 375 g/mol. The fraction of sp³-hybridized carbons (Fsp3) is 0.350. The number of benzene rings is 2. The third-order valence-corrected chi connectivity index (χ3v) is 4.72. The van der Waals surface area contributed by atoms with Crippen molar-refractivity contribution in [1.29, 1.82) is 0 Å². The van der Waals surface area contributed by atoms with Crippen LogP contribution in [0.1, 0.15) is 20.3 Å². The van der Waals surface area contributed by atoms with Gasteiger partial charge in [0.1, 0.15) is 11.5 Å². The molecule has 0 saturated heterocycles. The molecule has 1 aliphatic heterocycles. The summed E-state index contributed by atoms with van der Waals surface area (Å²) in [5.41, 5.74) is 1.33. The molecule has 0 unspecified atom stereocenters. The number of halogens is 1. The zero-order chi connectivity index (χ0) is 18.5. The van der Waals surface area contributed by atoms with Crippen LogP contribution in [0.15, 0.2) is 42.5 Å². The van der Waals surface area contributed by atoms with Crippen LogP contribution in [0.25, 0.3) is 0 Å². The molecule has 1 amide bonds. The smallest absolute Gasteiger partial charge is 0.233 e. The zero-order valence-electron chi connectivity index (χ0n) is 15.1. The van der Waals surface area contributed by atoms with Crippen molar-refractivity contribution >= 4 is 28.9 Å². The van der Waals surface area contributed by atoms with E-state index in [1.807, 2.05) is 24.3 Å². The second-order valence-corrected chi connectivity index (χ2v) is 6.43. The van der Waals surface area contributed by atoms with Crippen LogP contribution in [-0.2, 0) is 4.79 Å². The molecule has 1 aliphatic rings. The van der Waals surface area contributed by atoms with E-state index in [0.717, 1.165) is 13.1 Å². The van der Waals surface area contributed by atoms with Gasteiger partial charge in [-0.05, 0) is 43.4 Å². The number of carbonyl (C=O) groups excluding carboxylic acids is 1. The van der Waals surface area contributed by atoms with Crippen LogP contribution in [0.2, 0.25) is 5.02 Å². The molecular weight excluding hydrogens is 352 g/mol. The molecule has 0 aliphatic carbocycles. The lowest BCUT2D eigenvalue weighted by molar-refractivity contribution is -0.118. The topological polar surface area (TPSA) is 42.0 Å². The van der Waals surface area contributed by atoms with E-state index in [2.05, 4.69) is 18.7 Å². The van der Waals surface area contributed by atoms with Crippen molar-refractivity contribution in [2.45, 2.75) is 20.3 Å². The molecule has 0 radical (unpaired) electrons. The summed E-state index contributed by atoms with van der Waals surface area (Å²) in [6.45, 7) is 6.78. The highest BCUT2D eigenvalue weighted by Gasteiger charge is 2.26. The van der Waals surface area contributed by atoms with E-state index in [9.17, 15) is 4.79 Å². The van der Waals surface area contributed by atoms with Crippen LogP contribution in [0, 0.1) is 0 Å². The fourth-order valence-corrected chi connectivity index (χ4v) is 3.18. The largest absolute Gasteiger partial charge is 0.455 e. The SMILES string of the molecule is CCN(CC)CCC(=O)N1c2ccccc2OCOc2ccc(Cl)cc21. The molecule has 2 aromatic carbocycles. The standard InChI is InChI=1S/C20H23ClN2O3/c1-3-22(4-2)12-11-20(24)23-16-7-5-6-8-18(16)25-14-26-19-10-9-15(21)13-17(19)23/h5-10,13H,3-4,11-12,14H2,1-2H3. The highest BCUT2D eigenvalue weighted by molar-refractivity contribution is 6.31. The summed E-state index contributed by atoms with van der Waals surface area (Å²) in [7, 11) is 0. The molecule has 0 fully saturated rings. The molecule has 0 spiro atoms. The minimum Gasteiger partial charge on any atom is -0.455 e. The summed E-state index contributed by atoms with van der Waals surface area (Å²) in [6, 6.07) is 12.7. The fourth-order valence-electron chi connectivity index (χ4n) is 3.01. The Hall–Kier alpha value is -2.24. The predicted octanol–water partition coefficient (Wildman–Crippen LogP) is 4.47. The van der Waals surface area contributed by atoms with Gasteiger partial charge in [-0.3, -0.25) is 9.69 Å². The molecule has 3 rings (SSSR count). The van der Waals surface area contributed by atoms with E-state index < -0.39 is 0 Å². The van der Waals surface area contributed by atoms with Gasteiger partial charge < -0.3 is 14.4 Å². The van der Waals surface area contributed by atoms with Gasteiger partial charge in [0.25, 0.3) is 0 Å². The van der Waals surface area contributed by atoms with Crippen molar-refractivity contribution in [3.05, 3.63) is 47.5 Å². The molecule has 5 nitrogen and oxygen atoms in total. The first-order valence-electron chi connectivity index (χ1n) is 8.83. The van der Waals surface area contributed by atoms with Crippen molar-refractivity contribution in [1.82, 2.24) is 4.90 Å². The van der Waals surface area contributed by atoms with E-state index in [1.54, 1.807) is 23.1 Å². The first kappa shape index (κ1) is 18.5. The lowest BCUT2D eigenvalue weighted by Crippen LogP contribution is -2.33. The Labute approximate surface area is 159 Å². The number of anilines is 2. The summed E-state index contributed by atoms with van der Waals surface area (Å²) in [5, 5.41) is 0.549. The van der Waals surface area contributed by atoms with Gasteiger partial charge in [-0.1, -0.05) is 37.6 Å². The third-order valence-electron chi connectivity index (χ3n) is 4.48. The second kappa shape index (κ2) is 8.43. The maximum Gasteiger partial charge on any atom is 0.233 e. The van der Waals surface area contributed by atoms with Crippen molar-refractivity contribution in [2.24, 2.45) is 0 Å². The number of para-hydroxylation sites is 2. The van der Waals surface area contributed by atoms with Crippen LogP contribution >= 0.6 is 11.6 Å². The van der Waals surface area contributed by atoms with E-state index in [1.165, 1.54) is 0 Å². The number of carbonyl (C=O) groups is 1. The average Bonchev–Trinajstić information content (AvgIpc) is 2.64. The van der Waals surface area contributed by atoms with Crippen LogP contribution in [-0.4, -0.2) is 37.2 Å². The first-order valence-corrected chi connectivity index (χ1v) is 9.21. The van der Waals surface area contributed by atoms with Gasteiger partial charge in [-0.25, -0.2) is 0 Å². The van der Waals surface area contributed by atoms with Gasteiger partial charge in [0, 0.05) is 18.0 Å². The summed E-state index contributed by atoms with van der Waals surface area (Å²) in [5.74, 6) is 1.15. The number of hydrogen-bond donors (Lipinski definition) is 0. The highest BCUT2D eigenvalue weighted by atomic mass is 35.5. The number of fused-ring (bicyclic) bond motifs is 2. The molecule has 0 aromatic heterocycles. The summed E-state index contributed by atoms with van der Waals surface area (Å²) < 4.78 is 11.4. The minimum absolute atomic E-state index is 0.0260. The van der Waals surface area contributed by atoms with Crippen LogP contribution in [0.5, 0.6) is 11.5 Å². The molecule has 0 saturated carbocycles. The third kappa shape index (κ3) is 3.94. The van der Waals surface area contributed by atoms with Gasteiger partial charge in [-0.15, -0.1) is 0 Å². The van der Waals surface area contributed by atoms with Crippen LogP contribution in [0.4, 0.5) is 11.4 Å². The number of amides is 1. The number of ether oxygens (including phenoxy) is 2. The molecule has 26 heavy (non-hydrogen) atoms. The van der Waals surface area contributed by atoms with Crippen molar-refractivity contribution in [3.63, 3.8) is 0 Å². The number of nitrogens with zero attached hydrogens (tertiary/aromatic N) is 2. The maximum atomic E-state index is 13.2. The molecule has 0 bridgehead atoms. The van der Waals surface area contributed by atoms with Crippen LogP contribution in [0.3, 0.4) is 0 Å². The summed E-state index contributed by atoms with van der Waals surface area (Å²) in [6.07, 6.45) is 0.391. The lowest BCUT2D eigenvalue weighted by Gasteiger charge is -2.30. The maximum absolute atomic E-state index is 13.2. The Kier molecular flexibility index (Phi) is 6.01. The lowest BCUT2D eigenvalue weighted by atomic mass is 10.1. The Morgan fingerprint density at radius 1 is 1.08 bits per heavy atom. The van der Waals surface area contributed by atoms with Crippen molar-refractivity contribution < 1.29 is 14.3 Å². The van der Waals surface area contributed by atoms with Crippen LogP contribution < -0.4 is 14.4 Å². The van der Waals surface area contributed by atoms with Gasteiger partial charge in [-0.2, -0.15) is 0 Å². The van der Waals surface area contributed by atoms with Gasteiger partial charge in [0.15, 0.2) is 0 Å². The quantitative estimate of drug-likeness (QED) is 0.774. The molecule has 138 valence electrons. The summed E-state index contributed by atoms with van der Waals surface area (Å²) >= 11 is 6.21. The summed E-state index contributed by atoms with van der Waals surface area (Å²) in [4.78, 5) is 17.1. The number of hydrogen-bond acceptors (Lipinski definition) is 4. The molecule has 2 aromatic rings. The van der Waals surface area contributed by atoms with Crippen molar-refractivity contribution in [3.8, 4) is 11.5 Å². The molecular formula is C20H23ClN2O3. The highest BCUT2D eigenvalue weighted by Crippen LogP contribution is 2.42. The molecule has 0 N–H and O–H groups in total. The van der Waals surface area contributed by atoms with Gasteiger partial charge >= 0.3 is 0 Å². The molecule has 1 heterocycles. The van der Waals surface area contributed by atoms with Gasteiger partial charge in [0.05, 0.1) is 11.4 Å². The van der Waals surface area contributed by atoms with E-state index in [4.69, 9.17) is 21.1 Å². The zero-order valence-corrected chi connectivity index (χ0v) is 15.8. The predicted molar refractivity (Wildman–Crippen MR) is 104 cm³/mol. The normalized spacial score (nSPS) is 13.2. The number of rotatable bonds is 5. The van der Waals surface area contributed by atoms with Crippen molar-refractivity contribution in [2.75, 3.05) is 31.3 Å². The van der Waals surface area contributed by atoms with E-state index in [-0.39, 0.29) is 12.7 Å². The van der Waals surface area contributed by atoms with E-state index in [0.29, 0.717) is 40.9 Å². The monoisotopic (exact) mass is 374 g/mol. The van der Waals surface area contributed by atoms with E-state index >= 15 is 0 Å². The Balaban J connectivity index is 2.01. The molecule has 6 heteroatoms. The first-order chi connectivity index (χ1) is 12.6. The molecule has 0 atom stereocenters.